The minimum absolute atomic E-state index is 0.569. The Hall–Kier alpha value is -1.84. The molecule has 0 spiro atoms. The first-order valence-electron chi connectivity index (χ1n) is 9.55. The van der Waals surface area contributed by atoms with Crippen molar-refractivity contribution in [2.24, 2.45) is 0 Å². The maximum atomic E-state index is 5.49. The van der Waals surface area contributed by atoms with Crippen LogP contribution in [0.15, 0.2) is 48.5 Å². The fraction of sp³-hybridized carbons (Fsp3) is 0.455. The van der Waals surface area contributed by atoms with Crippen LogP contribution in [0.5, 0.6) is 0 Å². The molecular weight excluding hydrogens is 308 g/mol. The minimum atomic E-state index is 0.569. The van der Waals surface area contributed by atoms with Crippen LogP contribution >= 0.6 is 0 Å². The van der Waals surface area contributed by atoms with Gasteiger partial charge in [-0.25, -0.2) is 0 Å². The largest absolute Gasteiger partial charge is 0.380 e. The van der Waals surface area contributed by atoms with Crippen LogP contribution in [0.4, 0.5) is 5.69 Å². The molecule has 2 aromatic rings. The predicted molar refractivity (Wildman–Crippen MR) is 104 cm³/mol. The molecule has 0 bridgehead atoms. The summed E-state index contributed by atoms with van der Waals surface area (Å²) in [6.07, 6.45) is 3.59. The second-order valence-corrected chi connectivity index (χ2v) is 7.30. The average molecular weight is 336 g/mol. The Labute approximate surface area is 151 Å². The van der Waals surface area contributed by atoms with Crippen molar-refractivity contribution in [2.75, 3.05) is 31.2 Å². The molecule has 2 saturated heterocycles. The molecule has 1 unspecified atom stereocenters. The molecule has 0 radical (unpaired) electrons. The zero-order valence-corrected chi connectivity index (χ0v) is 15.1. The molecule has 132 valence electrons. The highest BCUT2D eigenvalue weighted by molar-refractivity contribution is 5.74. The zero-order valence-electron chi connectivity index (χ0n) is 15.1. The van der Waals surface area contributed by atoms with Gasteiger partial charge in [0.25, 0.3) is 0 Å². The lowest BCUT2D eigenvalue weighted by Gasteiger charge is -2.36. The van der Waals surface area contributed by atoms with Crippen LogP contribution in [-0.4, -0.2) is 38.4 Å². The minimum Gasteiger partial charge on any atom is -0.380 e. The molecule has 2 fully saturated rings. The summed E-state index contributed by atoms with van der Waals surface area (Å²) in [4.78, 5) is 2.56. The van der Waals surface area contributed by atoms with E-state index in [2.05, 4.69) is 65.7 Å². The summed E-state index contributed by atoms with van der Waals surface area (Å²) in [6, 6.07) is 18.6. The number of ether oxygens (including phenoxy) is 1. The molecule has 0 amide bonds. The standard InChI is InChI=1S/C22H28N2O/c1-17-21(18-6-3-2-4-7-18)8-5-9-22(17)24-13-10-19(11-14-24)23-20-12-15-25-16-20/h2-9,19-20,23H,10-16H2,1H3. The molecule has 2 aromatic carbocycles. The Morgan fingerprint density at radius 3 is 2.44 bits per heavy atom. The topological polar surface area (TPSA) is 24.5 Å². The van der Waals surface area contributed by atoms with Crippen molar-refractivity contribution < 1.29 is 4.74 Å². The molecule has 0 aromatic heterocycles. The first-order valence-corrected chi connectivity index (χ1v) is 9.55. The molecule has 3 nitrogen and oxygen atoms in total. The highest BCUT2D eigenvalue weighted by atomic mass is 16.5. The summed E-state index contributed by atoms with van der Waals surface area (Å²) in [5.74, 6) is 0. The number of nitrogens with zero attached hydrogens (tertiary/aromatic N) is 1. The summed E-state index contributed by atoms with van der Waals surface area (Å²) in [6.45, 7) is 6.33. The van der Waals surface area contributed by atoms with E-state index in [1.54, 1.807) is 0 Å². The van der Waals surface area contributed by atoms with Gasteiger partial charge in [0.1, 0.15) is 0 Å². The summed E-state index contributed by atoms with van der Waals surface area (Å²) >= 11 is 0. The first-order chi connectivity index (χ1) is 12.3. The number of rotatable bonds is 4. The fourth-order valence-electron chi connectivity index (χ4n) is 4.18. The van der Waals surface area contributed by atoms with Gasteiger partial charge in [0.15, 0.2) is 0 Å². The fourth-order valence-corrected chi connectivity index (χ4v) is 4.18. The van der Waals surface area contributed by atoms with Crippen molar-refractivity contribution in [3.05, 3.63) is 54.1 Å². The highest BCUT2D eigenvalue weighted by Gasteiger charge is 2.24. The molecular formula is C22H28N2O. The zero-order chi connectivity index (χ0) is 17.1. The van der Waals surface area contributed by atoms with E-state index < -0.39 is 0 Å². The molecule has 4 rings (SSSR count). The molecule has 2 aliphatic heterocycles. The van der Waals surface area contributed by atoms with E-state index in [4.69, 9.17) is 4.74 Å². The second-order valence-electron chi connectivity index (χ2n) is 7.30. The van der Waals surface area contributed by atoms with Gasteiger partial charge in [-0.15, -0.1) is 0 Å². The van der Waals surface area contributed by atoms with Crippen molar-refractivity contribution >= 4 is 5.69 Å². The van der Waals surface area contributed by atoms with Crippen LogP contribution in [0, 0.1) is 6.92 Å². The quantitative estimate of drug-likeness (QED) is 0.913. The molecule has 2 aliphatic rings. The maximum absolute atomic E-state index is 5.49. The lowest BCUT2D eigenvalue weighted by atomic mass is 9.97. The SMILES string of the molecule is Cc1c(-c2ccccc2)cccc1N1CCC(NC2CCOC2)CC1. The van der Waals surface area contributed by atoms with Gasteiger partial charge in [-0.3, -0.25) is 0 Å². The van der Waals surface area contributed by atoms with E-state index >= 15 is 0 Å². The van der Waals surface area contributed by atoms with E-state index in [1.165, 1.54) is 41.6 Å². The van der Waals surface area contributed by atoms with Crippen molar-refractivity contribution in [1.29, 1.82) is 0 Å². The summed E-state index contributed by atoms with van der Waals surface area (Å²) in [5, 5.41) is 3.79. The van der Waals surface area contributed by atoms with Crippen molar-refractivity contribution in [3.63, 3.8) is 0 Å². The van der Waals surface area contributed by atoms with Gasteiger partial charge >= 0.3 is 0 Å². The lowest BCUT2D eigenvalue weighted by molar-refractivity contribution is 0.186. The Morgan fingerprint density at radius 2 is 1.72 bits per heavy atom. The van der Waals surface area contributed by atoms with Gasteiger partial charge in [-0.2, -0.15) is 0 Å². The average Bonchev–Trinajstić information content (AvgIpc) is 3.17. The molecule has 0 aliphatic carbocycles. The number of hydrogen-bond acceptors (Lipinski definition) is 3. The van der Waals surface area contributed by atoms with Crippen molar-refractivity contribution in [3.8, 4) is 11.1 Å². The summed E-state index contributed by atoms with van der Waals surface area (Å²) in [5.41, 5.74) is 5.44. The van der Waals surface area contributed by atoms with Crippen LogP contribution < -0.4 is 10.2 Å². The molecule has 1 atom stereocenters. The van der Waals surface area contributed by atoms with Crippen LogP contribution in [0.2, 0.25) is 0 Å². The van der Waals surface area contributed by atoms with Gasteiger partial charge in [0.2, 0.25) is 0 Å². The normalized spacial score (nSPS) is 21.6. The van der Waals surface area contributed by atoms with E-state index in [0.29, 0.717) is 12.1 Å². The third-order valence-corrected chi connectivity index (χ3v) is 5.63. The van der Waals surface area contributed by atoms with E-state index in [0.717, 1.165) is 26.3 Å². The van der Waals surface area contributed by atoms with E-state index in [9.17, 15) is 0 Å². The van der Waals surface area contributed by atoms with E-state index in [-0.39, 0.29) is 0 Å². The Bertz CT molecular complexity index is 686. The second kappa shape index (κ2) is 7.59. The Morgan fingerprint density at radius 1 is 0.920 bits per heavy atom. The number of piperidine rings is 1. The van der Waals surface area contributed by atoms with Crippen LogP contribution in [0.3, 0.4) is 0 Å². The monoisotopic (exact) mass is 336 g/mol. The van der Waals surface area contributed by atoms with Gasteiger partial charge in [-0.1, -0.05) is 42.5 Å². The van der Waals surface area contributed by atoms with Crippen LogP contribution in [0.1, 0.15) is 24.8 Å². The molecule has 25 heavy (non-hydrogen) atoms. The van der Waals surface area contributed by atoms with Gasteiger partial charge < -0.3 is 15.0 Å². The van der Waals surface area contributed by atoms with Crippen LogP contribution in [0.25, 0.3) is 11.1 Å². The Kier molecular flexibility index (Phi) is 5.04. The number of benzene rings is 2. The van der Waals surface area contributed by atoms with Gasteiger partial charge in [0, 0.05) is 37.5 Å². The summed E-state index contributed by atoms with van der Waals surface area (Å²) < 4.78 is 5.49. The molecule has 0 saturated carbocycles. The van der Waals surface area contributed by atoms with E-state index in [1.807, 2.05) is 0 Å². The number of nitrogens with one attached hydrogen (secondary N) is 1. The number of anilines is 1. The molecule has 3 heteroatoms. The predicted octanol–water partition coefficient (Wildman–Crippen LogP) is 4.01. The lowest BCUT2D eigenvalue weighted by Crippen LogP contribution is -2.46. The van der Waals surface area contributed by atoms with Gasteiger partial charge in [0.05, 0.1) is 6.61 Å². The van der Waals surface area contributed by atoms with Crippen molar-refractivity contribution in [2.45, 2.75) is 38.3 Å². The number of hydrogen-bond donors (Lipinski definition) is 1. The van der Waals surface area contributed by atoms with Gasteiger partial charge in [-0.05, 0) is 48.9 Å². The third-order valence-electron chi connectivity index (χ3n) is 5.63. The maximum Gasteiger partial charge on any atom is 0.0620 e. The van der Waals surface area contributed by atoms with Crippen LogP contribution in [-0.2, 0) is 4.74 Å². The first kappa shape index (κ1) is 16.6. The smallest absolute Gasteiger partial charge is 0.0620 e. The van der Waals surface area contributed by atoms with Crippen molar-refractivity contribution in [1.82, 2.24) is 5.32 Å². The highest BCUT2D eigenvalue weighted by Crippen LogP contribution is 2.32. The molecule has 1 N–H and O–H groups in total. The summed E-state index contributed by atoms with van der Waals surface area (Å²) in [7, 11) is 0. The Balaban J connectivity index is 1.44. The third kappa shape index (κ3) is 3.73. The molecule has 2 heterocycles.